The molecule has 0 atom stereocenters. The topological polar surface area (TPSA) is 59.4 Å². The van der Waals surface area contributed by atoms with Crippen LogP contribution in [0.3, 0.4) is 0 Å². The van der Waals surface area contributed by atoms with Crippen LogP contribution in [0.25, 0.3) is 22.2 Å². The molecule has 0 saturated carbocycles. The summed E-state index contributed by atoms with van der Waals surface area (Å²) in [5.41, 5.74) is 5.41. The Morgan fingerprint density at radius 2 is 1.86 bits per heavy atom. The number of aromatic nitrogens is 1. The number of rotatable bonds is 3. The summed E-state index contributed by atoms with van der Waals surface area (Å²) in [6.45, 7) is 7.02. The average Bonchev–Trinajstić information content (AvgIpc) is 2.60. The summed E-state index contributed by atoms with van der Waals surface area (Å²) in [5.74, 6) is 0.789. The summed E-state index contributed by atoms with van der Waals surface area (Å²) in [6, 6.07) is 17.5. The van der Waals surface area contributed by atoms with Crippen LogP contribution in [0.15, 0.2) is 54.3 Å². The quantitative estimate of drug-likeness (QED) is 0.269. The van der Waals surface area contributed by atoms with Crippen molar-refractivity contribution in [3.63, 3.8) is 0 Å². The van der Waals surface area contributed by atoms with E-state index in [0.29, 0.717) is 0 Å². The van der Waals surface area contributed by atoms with Crippen molar-refractivity contribution in [1.82, 2.24) is 4.98 Å². The van der Waals surface area contributed by atoms with Crippen molar-refractivity contribution in [2.45, 2.75) is 27.7 Å². The molecule has 0 aliphatic carbocycles. The zero-order valence-electron chi connectivity index (χ0n) is 16.7. The molecule has 1 heterocycles. The fraction of sp³-hybridized carbons (Fsp3) is 0.217. The van der Waals surface area contributed by atoms with Gasteiger partial charge in [-0.15, -0.1) is 34.9 Å². The minimum atomic E-state index is -0.125. The molecule has 0 fully saturated rings. The van der Waals surface area contributed by atoms with Crippen LogP contribution in [0, 0.1) is 19.9 Å². The maximum atomic E-state index is 10.0. The number of ketones is 1. The standard InChI is InChI=1S/C18H16NO.C5H8O2.Ir/c1-12-4-7-16(13(2)10-12)18-8-5-14-11-15(20-3)6-9-17(14)19-18;1-4(6)3-5(2)7;/h4-6,8-11H,1-3H3;3,6H,1-2H3;/q-1;;/b;4-3-;. The molecule has 1 radical (unpaired) electrons. The van der Waals surface area contributed by atoms with Gasteiger partial charge in [0, 0.05) is 31.6 Å². The molecule has 1 N–H and O–H groups in total. The molecule has 0 aliphatic rings. The Hall–Kier alpha value is -2.49. The van der Waals surface area contributed by atoms with Gasteiger partial charge in [0.2, 0.25) is 0 Å². The van der Waals surface area contributed by atoms with Crippen LogP contribution in [0.5, 0.6) is 5.75 Å². The Labute approximate surface area is 179 Å². The van der Waals surface area contributed by atoms with E-state index in [4.69, 9.17) is 14.8 Å². The van der Waals surface area contributed by atoms with Gasteiger partial charge in [-0.1, -0.05) is 26.0 Å². The molecule has 149 valence electrons. The summed E-state index contributed by atoms with van der Waals surface area (Å²) < 4.78 is 5.24. The van der Waals surface area contributed by atoms with E-state index < -0.39 is 0 Å². The summed E-state index contributed by atoms with van der Waals surface area (Å²) in [6.07, 6.45) is 1.17. The maximum absolute atomic E-state index is 10.0. The van der Waals surface area contributed by atoms with Crippen LogP contribution in [0.4, 0.5) is 0 Å². The van der Waals surface area contributed by atoms with Crippen molar-refractivity contribution < 1.29 is 34.7 Å². The van der Waals surface area contributed by atoms with Crippen molar-refractivity contribution in [3.8, 4) is 17.0 Å². The molecule has 28 heavy (non-hydrogen) atoms. The number of hydrogen-bond donors (Lipinski definition) is 1. The molecule has 0 saturated heterocycles. The average molecular weight is 555 g/mol. The van der Waals surface area contributed by atoms with Crippen molar-refractivity contribution in [1.29, 1.82) is 0 Å². The van der Waals surface area contributed by atoms with Gasteiger partial charge in [0.1, 0.15) is 5.75 Å². The number of methoxy groups -OCH3 is 1. The Balaban J connectivity index is 0.000000425. The number of aliphatic hydroxyl groups excluding tert-OH is 1. The number of nitrogens with zero attached hydrogens (tertiary/aromatic N) is 1. The smallest absolute Gasteiger partial charge is 0.155 e. The van der Waals surface area contributed by atoms with E-state index in [9.17, 15) is 4.79 Å². The zero-order chi connectivity index (χ0) is 20.0. The second-order valence-corrected chi connectivity index (χ2v) is 6.39. The van der Waals surface area contributed by atoms with Gasteiger partial charge in [0.25, 0.3) is 0 Å². The zero-order valence-corrected chi connectivity index (χ0v) is 19.1. The molecular weight excluding hydrogens is 530 g/mol. The number of carbonyl (C=O) groups is 1. The number of benzene rings is 2. The van der Waals surface area contributed by atoms with E-state index in [-0.39, 0.29) is 31.6 Å². The predicted molar refractivity (Wildman–Crippen MR) is 109 cm³/mol. The van der Waals surface area contributed by atoms with E-state index in [1.165, 1.54) is 31.1 Å². The molecule has 3 rings (SSSR count). The SMILES string of the molecule is CC(=O)/C=C(/C)O.COc1ccc2nc(-c3[c-]cc(C)cc3C)ccc2c1.[Ir]. The van der Waals surface area contributed by atoms with E-state index in [1.807, 2.05) is 30.3 Å². The molecule has 4 nitrogen and oxygen atoms in total. The molecule has 0 spiro atoms. The largest absolute Gasteiger partial charge is 0.512 e. The van der Waals surface area contributed by atoms with E-state index in [2.05, 4.69) is 32.0 Å². The van der Waals surface area contributed by atoms with Crippen molar-refractivity contribution in [3.05, 3.63) is 71.5 Å². The molecule has 0 unspecified atom stereocenters. The summed E-state index contributed by atoms with van der Waals surface area (Å²) in [5, 5.41) is 9.44. The Morgan fingerprint density at radius 1 is 1.14 bits per heavy atom. The fourth-order valence-corrected chi connectivity index (χ4v) is 2.70. The summed E-state index contributed by atoms with van der Waals surface area (Å²) in [4.78, 5) is 14.7. The van der Waals surface area contributed by atoms with Crippen molar-refractivity contribution in [2.24, 2.45) is 0 Å². The van der Waals surface area contributed by atoms with Gasteiger partial charge in [0.15, 0.2) is 5.78 Å². The second kappa shape index (κ2) is 10.7. The molecule has 0 bridgehead atoms. The fourth-order valence-electron chi connectivity index (χ4n) is 2.70. The van der Waals surface area contributed by atoms with E-state index >= 15 is 0 Å². The molecular formula is C23H24IrNO3-. The number of pyridine rings is 1. The summed E-state index contributed by atoms with van der Waals surface area (Å²) >= 11 is 0. The number of allylic oxidation sites excluding steroid dienone is 2. The summed E-state index contributed by atoms with van der Waals surface area (Å²) in [7, 11) is 1.67. The van der Waals surface area contributed by atoms with Crippen LogP contribution >= 0.6 is 0 Å². The molecule has 0 aliphatic heterocycles. The maximum Gasteiger partial charge on any atom is 0.155 e. The molecule has 3 aromatic rings. The predicted octanol–water partition coefficient (Wildman–Crippen LogP) is 5.36. The van der Waals surface area contributed by atoms with Crippen molar-refractivity contribution >= 4 is 16.7 Å². The third-order valence-corrected chi connectivity index (χ3v) is 3.85. The third kappa shape index (κ3) is 6.59. The first-order chi connectivity index (χ1) is 12.8. The van der Waals surface area contributed by atoms with Gasteiger partial charge < -0.3 is 9.84 Å². The molecule has 0 amide bonds. The first-order valence-corrected chi connectivity index (χ1v) is 8.62. The molecule has 5 heteroatoms. The first kappa shape index (κ1) is 23.5. The number of aliphatic hydroxyl groups is 1. The minimum absolute atomic E-state index is 0. The van der Waals surface area contributed by atoms with Crippen molar-refractivity contribution in [2.75, 3.05) is 7.11 Å². The van der Waals surface area contributed by atoms with Gasteiger partial charge >= 0.3 is 0 Å². The third-order valence-electron chi connectivity index (χ3n) is 3.85. The molecule has 1 aromatic heterocycles. The Bertz CT molecular complexity index is 992. The van der Waals surface area contributed by atoms with E-state index in [1.54, 1.807) is 7.11 Å². The van der Waals surface area contributed by atoms with Gasteiger partial charge in [-0.25, -0.2) is 0 Å². The number of fused-ring (bicyclic) bond motifs is 1. The number of carbonyl (C=O) groups excluding carboxylic acids is 1. The second-order valence-electron chi connectivity index (χ2n) is 6.39. The van der Waals surface area contributed by atoms with Crippen LogP contribution in [-0.2, 0) is 24.9 Å². The monoisotopic (exact) mass is 555 g/mol. The van der Waals surface area contributed by atoms with Crippen LogP contribution in [-0.4, -0.2) is 23.0 Å². The minimum Gasteiger partial charge on any atom is -0.512 e. The Kier molecular flexibility index (Phi) is 9.04. The number of hydrogen-bond acceptors (Lipinski definition) is 4. The van der Waals surface area contributed by atoms with Gasteiger partial charge in [-0.3, -0.25) is 9.78 Å². The van der Waals surface area contributed by atoms with Crippen LogP contribution < -0.4 is 4.74 Å². The number of ether oxygens (including phenoxy) is 1. The van der Waals surface area contributed by atoms with Gasteiger partial charge in [-0.05, 0) is 37.7 Å². The van der Waals surface area contributed by atoms with Gasteiger partial charge in [-0.2, -0.15) is 0 Å². The van der Waals surface area contributed by atoms with Crippen LogP contribution in [0.2, 0.25) is 0 Å². The first-order valence-electron chi connectivity index (χ1n) is 8.62. The van der Waals surface area contributed by atoms with Gasteiger partial charge in [0.05, 0.1) is 18.4 Å². The molecule has 2 aromatic carbocycles. The number of aryl methyl sites for hydroxylation is 2. The Morgan fingerprint density at radius 3 is 2.39 bits per heavy atom. The normalized spacial score (nSPS) is 10.5. The van der Waals surface area contributed by atoms with E-state index in [0.717, 1.165) is 27.9 Å². The van der Waals surface area contributed by atoms with Crippen LogP contribution in [0.1, 0.15) is 25.0 Å².